The Bertz CT molecular complexity index is 700. The number of carbonyl (C=O) groups excluding carboxylic acids is 1. The highest BCUT2D eigenvalue weighted by atomic mass is 16.5. The number of nitrogens with zero attached hydrogens (tertiary/aromatic N) is 3. The predicted molar refractivity (Wildman–Crippen MR) is 89.9 cm³/mol. The smallest absolute Gasteiger partial charge is 0.228 e. The van der Waals surface area contributed by atoms with E-state index in [9.17, 15) is 4.79 Å². The molecule has 4 rings (SSSR count). The maximum atomic E-state index is 12.9. The number of amides is 1. The van der Waals surface area contributed by atoms with E-state index in [4.69, 9.17) is 9.47 Å². The number of aromatic nitrogens is 3. The fraction of sp³-hybridized carbons (Fsp3) is 0.500. The number of rotatable bonds is 6. The molecule has 2 aromatic heterocycles. The molecule has 0 bridgehead atoms. The summed E-state index contributed by atoms with van der Waals surface area (Å²) in [5.74, 6) is 0.652. The Morgan fingerprint density at radius 1 is 1.40 bits per heavy atom. The molecule has 0 radical (unpaired) electrons. The molecule has 1 saturated heterocycles. The van der Waals surface area contributed by atoms with Crippen LogP contribution in [0.2, 0.25) is 0 Å². The summed E-state index contributed by atoms with van der Waals surface area (Å²) < 4.78 is 13.4. The van der Waals surface area contributed by atoms with Crippen LogP contribution >= 0.6 is 0 Å². The molecule has 0 aromatic carbocycles. The van der Waals surface area contributed by atoms with Gasteiger partial charge in [-0.3, -0.25) is 4.79 Å². The standard InChI is InChI=1S/C18H22N4O3/c23-17(18(5-6-18)12-22-9-8-19-13-22)21-14-4-10-24-11-15(14)25-16-3-1-2-7-20-16/h1-3,7-9,13-15H,4-6,10-12H2,(H,21,23)/t14-,15-/m1/s1. The van der Waals surface area contributed by atoms with Crippen LogP contribution in [-0.2, 0) is 16.1 Å². The zero-order valence-electron chi connectivity index (χ0n) is 14.0. The van der Waals surface area contributed by atoms with Gasteiger partial charge in [0, 0.05) is 37.8 Å². The third-order valence-corrected chi connectivity index (χ3v) is 4.91. The largest absolute Gasteiger partial charge is 0.470 e. The van der Waals surface area contributed by atoms with Gasteiger partial charge in [0.1, 0.15) is 6.10 Å². The topological polar surface area (TPSA) is 78.3 Å². The fourth-order valence-corrected chi connectivity index (χ4v) is 3.22. The number of nitrogens with one attached hydrogen (secondary N) is 1. The van der Waals surface area contributed by atoms with Gasteiger partial charge >= 0.3 is 0 Å². The summed E-state index contributed by atoms with van der Waals surface area (Å²) in [5.41, 5.74) is -0.311. The Morgan fingerprint density at radius 3 is 3.04 bits per heavy atom. The van der Waals surface area contributed by atoms with Crippen LogP contribution in [0.4, 0.5) is 0 Å². The van der Waals surface area contributed by atoms with Gasteiger partial charge in [0.2, 0.25) is 11.8 Å². The zero-order valence-corrected chi connectivity index (χ0v) is 14.0. The lowest BCUT2D eigenvalue weighted by Gasteiger charge is -2.33. The fourth-order valence-electron chi connectivity index (χ4n) is 3.22. The third-order valence-electron chi connectivity index (χ3n) is 4.91. The molecule has 0 spiro atoms. The zero-order chi connectivity index (χ0) is 17.1. The van der Waals surface area contributed by atoms with Crippen LogP contribution in [0.25, 0.3) is 0 Å². The monoisotopic (exact) mass is 342 g/mol. The van der Waals surface area contributed by atoms with Gasteiger partial charge in [0.05, 0.1) is 24.4 Å². The van der Waals surface area contributed by atoms with E-state index in [1.165, 1.54) is 0 Å². The van der Waals surface area contributed by atoms with E-state index in [1.807, 2.05) is 29.0 Å². The second-order valence-corrected chi connectivity index (χ2v) is 6.78. The molecule has 25 heavy (non-hydrogen) atoms. The number of imidazole rings is 1. The number of pyridine rings is 1. The normalized spacial score (nSPS) is 24.5. The van der Waals surface area contributed by atoms with Crippen molar-refractivity contribution < 1.29 is 14.3 Å². The molecule has 7 nitrogen and oxygen atoms in total. The molecule has 1 N–H and O–H groups in total. The first-order chi connectivity index (χ1) is 12.3. The van der Waals surface area contributed by atoms with Crippen molar-refractivity contribution in [2.75, 3.05) is 13.2 Å². The highest BCUT2D eigenvalue weighted by Gasteiger charge is 2.51. The molecule has 3 heterocycles. The van der Waals surface area contributed by atoms with Crippen molar-refractivity contribution in [3.8, 4) is 5.88 Å². The first-order valence-corrected chi connectivity index (χ1v) is 8.67. The van der Waals surface area contributed by atoms with Gasteiger partial charge < -0.3 is 19.4 Å². The average Bonchev–Trinajstić information content (AvgIpc) is 3.24. The highest BCUT2D eigenvalue weighted by molar-refractivity contribution is 5.85. The molecular formula is C18H22N4O3. The molecule has 132 valence electrons. The van der Waals surface area contributed by atoms with Gasteiger partial charge in [0.15, 0.2) is 0 Å². The Labute approximate surface area is 146 Å². The van der Waals surface area contributed by atoms with Crippen molar-refractivity contribution >= 4 is 5.91 Å². The van der Waals surface area contributed by atoms with Crippen molar-refractivity contribution in [3.63, 3.8) is 0 Å². The van der Waals surface area contributed by atoms with Gasteiger partial charge in [0.25, 0.3) is 0 Å². The average molecular weight is 342 g/mol. The van der Waals surface area contributed by atoms with E-state index in [-0.39, 0.29) is 23.5 Å². The summed E-state index contributed by atoms with van der Waals surface area (Å²) in [4.78, 5) is 21.1. The quantitative estimate of drug-likeness (QED) is 0.859. The van der Waals surface area contributed by atoms with Crippen molar-refractivity contribution in [1.29, 1.82) is 0 Å². The van der Waals surface area contributed by atoms with E-state index in [1.54, 1.807) is 18.7 Å². The van der Waals surface area contributed by atoms with Crippen LogP contribution in [0.15, 0.2) is 43.1 Å². The molecule has 7 heteroatoms. The molecule has 1 aliphatic heterocycles. The molecule has 1 saturated carbocycles. The van der Waals surface area contributed by atoms with Crippen molar-refractivity contribution in [3.05, 3.63) is 43.1 Å². The van der Waals surface area contributed by atoms with Gasteiger partial charge in [-0.05, 0) is 25.3 Å². The van der Waals surface area contributed by atoms with Gasteiger partial charge in [-0.1, -0.05) is 6.07 Å². The minimum absolute atomic E-state index is 0.0662. The summed E-state index contributed by atoms with van der Waals surface area (Å²) in [6.07, 6.45) is 9.42. The molecule has 2 fully saturated rings. The predicted octanol–water partition coefficient (Wildman–Crippen LogP) is 1.41. The SMILES string of the molecule is O=C(N[C@@H]1CCOC[C@H]1Oc1ccccn1)C1(Cn2ccnc2)CC1. The van der Waals surface area contributed by atoms with Crippen LogP contribution in [-0.4, -0.2) is 45.8 Å². The van der Waals surface area contributed by atoms with Crippen molar-refractivity contribution in [2.24, 2.45) is 5.41 Å². The van der Waals surface area contributed by atoms with E-state index in [0.29, 0.717) is 25.6 Å². The maximum Gasteiger partial charge on any atom is 0.228 e. The lowest BCUT2D eigenvalue weighted by Crippen LogP contribution is -2.53. The lowest BCUT2D eigenvalue weighted by atomic mass is 10.0. The Morgan fingerprint density at radius 2 is 2.32 bits per heavy atom. The van der Waals surface area contributed by atoms with Crippen LogP contribution in [0.3, 0.4) is 0 Å². The van der Waals surface area contributed by atoms with Crippen LogP contribution in [0.1, 0.15) is 19.3 Å². The summed E-state index contributed by atoms with van der Waals surface area (Å²) in [6, 6.07) is 5.47. The molecule has 2 atom stereocenters. The minimum Gasteiger partial charge on any atom is -0.470 e. The molecular weight excluding hydrogens is 320 g/mol. The third kappa shape index (κ3) is 3.66. The number of hydrogen-bond donors (Lipinski definition) is 1. The van der Waals surface area contributed by atoms with E-state index in [0.717, 1.165) is 19.3 Å². The van der Waals surface area contributed by atoms with Crippen LogP contribution in [0, 0.1) is 5.41 Å². The van der Waals surface area contributed by atoms with Gasteiger partial charge in [-0.25, -0.2) is 9.97 Å². The first-order valence-electron chi connectivity index (χ1n) is 8.67. The van der Waals surface area contributed by atoms with Crippen LogP contribution < -0.4 is 10.1 Å². The van der Waals surface area contributed by atoms with E-state index < -0.39 is 0 Å². The number of carbonyl (C=O) groups is 1. The Kier molecular flexibility index (Phi) is 4.40. The molecule has 1 amide bonds. The summed E-state index contributed by atoms with van der Waals surface area (Å²) in [6.45, 7) is 1.76. The molecule has 0 unspecified atom stereocenters. The highest BCUT2D eigenvalue weighted by Crippen LogP contribution is 2.47. The number of ether oxygens (including phenoxy) is 2. The van der Waals surface area contributed by atoms with Gasteiger partial charge in [-0.15, -0.1) is 0 Å². The second kappa shape index (κ2) is 6.84. The van der Waals surface area contributed by atoms with Crippen molar-refractivity contribution in [2.45, 2.75) is 38.0 Å². The Balaban J connectivity index is 1.40. The second-order valence-electron chi connectivity index (χ2n) is 6.78. The molecule has 2 aliphatic rings. The lowest BCUT2D eigenvalue weighted by molar-refractivity contribution is -0.129. The first kappa shape index (κ1) is 16.1. The summed E-state index contributed by atoms with van der Waals surface area (Å²) in [7, 11) is 0. The Hall–Kier alpha value is -2.41. The molecule has 1 aliphatic carbocycles. The summed E-state index contributed by atoms with van der Waals surface area (Å²) in [5, 5.41) is 3.20. The van der Waals surface area contributed by atoms with Crippen LogP contribution in [0.5, 0.6) is 5.88 Å². The van der Waals surface area contributed by atoms with Crippen molar-refractivity contribution in [1.82, 2.24) is 19.9 Å². The maximum absolute atomic E-state index is 12.9. The summed E-state index contributed by atoms with van der Waals surface area (Å²) >= 11 is 0. The van der Waals surface area contributed by atoms with Gasteiger partial charge in [-0.2, -0.15) is 0 Å². The minimum atomic E-state index is -0.311. The number of hydrogen-bond acceptors (Lipinski definition) is 5. The van der Waals surface area contributed by atoms with E-state index >= 15 is 0 Å². The van der Waals surface area contributed by atoms with E-state index in [2.05, 4.69) is 15.3 Å². The molecule has 2 aromatic rings.